The summed E-state index contributed by atoms with van der Waals surface area (Å²) in [6.07, 6.45) is 10.1. The van der Waals surface area contributed by atoms with Gasteiger partial charge in [-0.3, -0.25) is 4.90 Å². The van der Waals surface area contributed by atoms with Gasteiger partial charge < -0.3 is 4.90 Å². The Bertz CT molecular complexity index is 449. The second kappa shape index (κ2) is 7.24. The van der Waals surface area contributed by atoms with Crippen LogP contribution in [0.3, 0.4) is 0 Å². The van der Waals surface area contributed by atoms with Gasteiger partial charge in [-0.2, -0.15) is 0 Å². The minimum absolute atomic E-state index is 0.866. The molecule has 0 aromatic heterocycles. The van der Waals surface area contributed by atoms with E-state index in [0.717, 1.165) is 12.6 Å². The van der Waals surface area contributed by atoms with Crippen molar-refractivity contribution in [3.63, 3.8) is 0 Å². The van der Waals surface area contributed by atoms with Gasteiger partial charge in [0.25, 0.3) is 0 Å². The molecular weight excluding hydrogens is 256 g/mol. The molecule has 114 valence electrons. The Morgan fingerprint density at radius 3 is 2.33 bits per heavy atom. The molecule has 0 amide bonds. The molecule has 0 unspecified atom stereocenters. The number of hydrogen-bond acceptors (Lipinski definition) is 2. The zero-order valence-electron chi connectivity index (χ0n) is 13.3. The highest BCUT2D eigenvalue weighted by Crippen LogP contribution is 2.20. The molecule has 2 heteroatoms. The van der Waals surface area contributed by atoms with E-state index in [0.29, 0.717) is 0 Å². The predicted molar refractivity (Wildman–Crippen MR) is 90.5 cm³/mol. The first-order chi connectivity index (χ1) is 10.3. The topological polar surface area (TPSA) is 6.48 Å². The molecule has 0 spiro atoms. The van der Waals surface area contributed by atoms with E-state index in [1.165, 1.54) is 63.0 Å². The minimum Gasteiger partial charge on any atom is -0.300 e. The second-order valence-electron chi connectivity index (χ2n) is 6.59. The zero-order valence-corrected chi connectivity index (χ0v) is 13.3. The SMILES string of the molecule is Cc1ccc(/C=C/CN2CCC(N3CCCC3)CC2)cc1. The maximum Gasteiger partial charge on any atom is 0.0166 e. The summed E-state index contributed by atoms with van der Waals surface area (Å²) in [7, 11) is 0. The molecule has 2 fully saturated rings. The summed E-state index contributed by atoms with van der Waals surface area (Å²) in [5.74, 6) is 0. The van der Waals surface area contributed by atoms with Gasteiger partial charge >= 0.3 is 0 Å². The van der Waals surface area contributed by atoms with Crippen LogP contribution in [0.4, 0.5) is 0 Å². The summed E-state index contributed by atoms with van der Waals surface area (Å²) in [6, 6.07) is 9.63. The van der Waals surface area contributed by atoms with E-state index in [9.17, 15) is 0 Å². The van der Waals surface area contributed by atoms with Crippen LogP contribution in [-0.4, -0.2) is 48.6 Å². The standard InChI is InChI=1S/C19H28N2/c1-17-6-8-18(9-7-17)5-4-12-20-15-10-19(11-16-20)21-13-2-3-14-21/h4-9,19H,2-3,10-16H2,1H3/b5-4+. The summed E-state index contributed by atoms with van der Waals surface area (Å²) in [4.78, 5) is 5.32. The van der Waals surface area contributed by atoms with Gasteiger partial charge in [0, 0.05) is 12.6 Å². The molecule has 2 nitrogen and oxygen atoms in total. The summed E-state index contributed by atoms with van der Waals surface area (Å²) >= 11 is 0. The highest BCUT2D eigenvalue weighted by atomic mass is 15.2. The van der Waals surface area contributed by atoms with Gasteiger partial charge in [0.15, 0.2) is 0 Å². The molecule has 1 aromatic rings. The normalized spacial score (nSPS) is 22.3. The van der Waals surface area contributed by atoms with Gasteiger partial charge in [-0.15, -0.1) is 0 Å². The molecule has 0 bridgehead atoms. The van der Waals surface area contributed by atoms with E-state index in [1.807, 2.05) is 0 Å². The quantitative estimate of drug-likeness (QED) is 0.834. The second-order valence-corrected chi connectivity index (χ2v) is 6.59. The van der Waals surface area contributed by atoms with Crippen LogP contribution in [0.2, 0.25) is 0 Å². The largest absolute Gasteiger partial charge is 0.300 e. The number of piperidine rings is 1. The number of hydrogen-bond donors (Lipinski definition) is 0. The van der Waals surface area contributed by atoms with Crippen molar-refractivity contribution in [2.24, 2.45) is 0 Å². The molecule has 2 heterocycles. The molecule has 0 atom stereocenters. The number of benzene rings is 1. The highest BCUT2D eigenvalue weighted by Gasteiger charge is 2.25. The molecule has 0 aliphatic carbocycles. The first-order valence-corrected chi connectivity index (χ1v) is 8.51. The molecule has 0 radical (unpaired) electrons. The molecule has 2 aliphatic rings. The minimum atomic E-state index is 0.866. The van der Waals surface area contributed by atoms with Crippen molar-refractivity contribution < 1.29 is 0 Å². The Kier molecular flexibility index (Phi) is 5.10. The maximum atomic E-state index is 2.72. The van der Waals surface area contributed by atoms with Crippen LogP contribution in [-0.2, 0) is 0 Å². The van der Waals surface area contributed by atoms with Crippen molar-refractivity contribution in [1.82, 2.24) is 9.80 Å². The number of likely N-dealkylation sites (tertiary alicyclic amines) is 2. The molecule has 0 saturated carbocycles. The van der Waals surface area contributed by atoms with E-state index in [2.05, 4.69) is 53.1 Å². The monoisotopic (exact) mass is 284 g/mol. The molecule has 2 aliphatic heterocycles. The summed E-state index contributed by atoms with van der Waals surface area (Å²) < 4.78 is 0. The molecular formula is C19H28N2. The van der Waals surface area contributed by atoms with Gasteiger partial charge in [0.05, 0.1) is 0 Å². The lowest BCUT2D eigenvalue weighted by Gasteiger charge is -2.36. The molecule has 3 rings (SSSR count). The number of nitrogens with zero attached hydrogens (tertiary/aromatic N) is 2. The average Bonchev–Trinajstić information content (AvgIpc) is 3.04. The summed E-state index contributed by atoms with van der Waals surface area (Å²) in [5.41, 5.74) is 2.64. The van der Waals surface area contributed by atoms with E-state index >= 15 is 0 Å². The van der Waals surface area contributed by atoms with Crippen LogP contribution in [0.1, 0.15) is 36.8 Å². The Morgan fingerprint density at radius 1 is 1.00 bits per heavy atom. The smallest absolute Gasteiger partial charge is 0.0166 e. The lowest BCUT2D eigenvalue weighted by Crippen LogP contribution is -2.43. The summed E-state index contributed by atoms with van der Waals surface area (Å²) in [6.45, 7) is 8.45. The van der Waals surface area contributed by atoms with Gasteiger partial charge in [-0.1, -0.05) is 42.0 Å². The highest BCUT2D eigenvalue weighted by molar-refractivity contribution is 5.49. The average molecular weight is 284 g/mol. The van der Waals surface area contributed by atoms with Crippen molar-refractivity contribution in [2.45, 2.75) is 38.6 Å². The maximum absolute atomic E-state index is 2.72. The predicted octanol–water partition coefficient (Wildman–Crippen LogP) is 3.57. The lowest BCUT2D eigenvalue weighted by molar-refractivity contribution is 0.135. The third kappa shape index (κ3) is 4.18. The van der Waals surface area contributed by atoms with E-state index in [4.69, 9.17) is 0 Å². The lowest BCUT2D eigenvalue weighted by atomic mass is 10.0. The van der Waals surface area contributed by atoms with E-state index in [1.54, 1.807) is 0 Å². The fourth-order valence-electron chi connectivity index (χ4n) is 3.59. The van der Waals surface area contributed by atoms with Gasteiger partial charge in [0.2, 0.25) is 0 Å². The number of rotatable bonds is 4. The van der Waals surface area contributed by atoms with Crippen molar-refractivity contribution in [3.8, 4) is 0 Å². The van der Waals surface area contributed by atoms with E-state index in [-0.39, 0.29) is 0 Å². The molecule has 21 heavy (non-hydrogen) atoms. The number of aryl methyl sites for hydroxylation is 1. The first kappa shape index (κ1) is 14.8. The zero-order chi connectivity index (χ0) is 14.5. The van der Waals surface area contributed by atoms with Crippen LogP contribution in [0.15, 0.2) is 30.3 Å². The molecule has 2 saturated heterocycles. The Labute approximate surface area is 129 Å². The van der Waals surface area contributed by atoms with Crippen molar-refractivity contribution in [1.29, 1.82) is 0 Å². The fourth-order valence-corrected chi connectivity index (χ4v) is 3.59. The first-order valence-electron chi connectivity index (χ1n) is 8.51. The van der Waals surface area contributed by atoms with Crippen LogP contribution < -0.4 is 0 Å². The van der Waals surface area contributed by atoms with Crippen LogP contribution in [0, 0.1) is 6.92 Å². The van der Waals surface area contributed by atoms with Gasteiger partial charge in [-0.25, -0.2) is 0 Å². The summed E-state index contributed by atoms with van der Waals surface area (Å²) in [5, 5.41) is 0. The van der Waals surface area contributed by atoms with Crippen molar-refractivity contribution >= 4 is 6.08 Å². The van der Waals surface area contributed by atoms with Crippen LogP contribution in [0.5, 0.6) is 0 Å². The van der Waals surface area contributed by atoms with Crippen molar-refractivity contribution in [2.75, 3.05) is 32.7 Å². The third-order valence-electron chi connectivity index (χ3n) is 4.97. The molecule has 1 aromatic carbocycles. The molecule has 0 N–H and O–H groups in total. The van der Waals surface area contributed by atoms with Gasteiger partial charge in [0.1, 0.15) is 0 Å². The van der Waals surface area contributed by atoms with Crippen LogP contribution >= 0.6 is 0 Å². The third-order valence-corrected chi connectivity index (χ3v) is 4.97. The van der Waals surface area contributed by atoms with Crippen LogP contribution in [0.25, 0.3) is 6.08 Å². The Balaban J connectivity index is 1.41. The fraction of sp³-hybridized carbons (Fsp3) is 0.579. The van der Waals surface area contributed by atoms with Gasteiger partial charge in [-0.05, 0) is 64.3 Å². The van der Waals surface area contributed by atoms with E-state index < -0.39 is 0 Å². The Hall–Kier alpha value is -1.12. The Morgan fingerprint density at radius 2 is 1.67 bits per heavy atom. The van der Waals surface area contributed by atoms with Crippen molar-refractivity contribution in [3.05, 3.63) is 41.5 Å².